The number of nitrogens with zero attached hydrogens (tertiary/aromatic N) is 1. The minimum absolute atomic E-state index is 0.291. The van der Waals surface area contributed by atoms with E-state index < -0.39 is 0 Å². The standard InChI is InChI=1S/C14H30N2O/c1-5-13(6-2)11-16(7-3)14(17)9-8-12(4)10-15/h12-13H,5-11,15H2,1-4H3. The molecule has 0 saturated heterocycles. The average Bonchev–Trinajstić information content (AvgIpc) is 2.37. The molecule has 0 aromatic rings. The van der Waals surface area contributed by atoms with Crippen LogP contribution in [0.25, 0.3) is 0 Å². The van der Waals surface area contributed by atoms with E-state index in [2.05, 4.69) is 27.7 Å². The van der Waals surface area contributed by atoms with Crippen molar-refractivity contribution in [3.63, 3.8) is 0 Å². The Balaban J connectivity index is 4.11. The summed E-state index contributed by atoms with van der Waals surface area (Å²) in [6.07, 6.45) is 3.86. The Morgan fingerprint density at radius 1 is 1.24 bits per heavy atom. The van der Waals surface area contributed by atoms with E-state index in [-0.39, 0.29) is 0 Å². The van der Waals surface area contributed by atoms with E-state index in [1.54, 1.807) is 0 Å². The predicted molar refractivity (Wildman–Crippen MR) is 73.8 cm³/mol. The summed E-state index contributed by atoms with van der Waals surface area (Å²) in [5.74, 6) is 1.39. The van der Waals surface area contributed by atoms with Gasteiger partial charge >= 0.3 is 0 Å². The zero-order valence-corrected chi connectivity index (χ0v) is 12.0. The molecular weight excluding hydrogens is 212 g/mol. The molecule has 1 amide bonds. The highest BCUT2D eigenvalue weighted by molar-refractivity contribution is 5.76. The van der Waals surface area contributed by atoms with Crippen LogP contribution in [0.3, 0.4) is 0 Å². The third-order valence-electron chi connectivity index (χ3n) is 3.62. The van der Waals surface area contributed by atoms with Gasteiger partial charge in [0.25, 0.3) is 0 Å². The van der Waals surface area contributed by atoms with Crippen LogP contribution in [-0.2, 0) is 4.79 Å². The fourth-order valence-corrected chi connectivity index (χ4v) is 1.91. The molecule has 0 bridgehead atoms. The van der Waals surface area contributed by atoms with Crippen LogP contribution in [0.15, 0.2) is 0 Å². The van der Waals surface area contributed by atoms with Crippen LogP contribution in [0.2, 0.25) is 0 Å². The van der Waals surface area contributed by atoms with Crippen molar-refractivity contribution in [2.45, 2.75) is 53.4 Å². The summed E-state index contributed by atoms with van der Waals surface area (Å²) < 4.78 is 0. The Labute approximate surface area is 107 Å². The smallest absolute Gasteiger partial charge is 0.222 e. The first-order valence-corrected chi connectivity index (χ1v) is 7.06. The maximum absolute atomic E-state index is 12.0. The van der Waals surface area contributed by atoms with Crippen LogP contribution >= 0.6 is 0 Å². The second-order valence-corrected chi connectivity index (χ2v) is 4.99. The van der Waals surface area contributed by atoms with Crippen molar-refractivity contribution in [2.24, 2.45) is 17.6 Å². The molecule has 0 spiro atoms. The van der Waals surface area contributed by atoms with Crippen molar-refractivity contribution >= 4 is 5.91 Å². The van der Waals surface area contributed by atoms with E-state index in [9.17, 15) is 4.79 Å². The monoisotopic (exact) mass is 242 g/mol. The van der Waals surface area contributed by atoms with Crippen LogP contribution in [0.5, 0.6) is 0 Å². The van der Waals surface area contributed by atoms with Gasteiger partial charge < -0.3 is 10.6 Å². The summed E-state index contributed by atoms with van der Waals surface area (Å²) in [4.78, 5) is 14.0. The minimum Gasteiger partial charge on any atom is -0.343 e. The number of amides is 1. The molecule has 0 aromatic heterocycles. The molecule has 3 heteroatoms. The number of hydrogen-bond acceptors (Lipinski definition) is 2. The Hall–Kier alpha value is -0.570. The highest BCUT2D eigenvalue weighted by atomic mass is 16.2. The lowest BCUT2D eigenvalue weighted by Gasteiger charge is -2.26. The number of rotatable bonds is 9. The molecular formula is C14H30N2O. The van der Waals surface area contributed by atoms with Crippen molar-refractivity contribution in [3.8, 4) is 0 Å². The summed E-state index contributed by atoms with van der Waals surface area (Å²) in [5.41, 5.74) is 5.57. The number of carbonyl (C=O) groups excluding carboxylic acids is 1. The van der Waals surface area contributed by atoms with E-state index in [4.69, 9.17) is 5.73 Å². The third-order valence-corrected chi connectivity index (χ3v) is 3.62. The molecule has 0 aliphatic heterocycles. The van der Waals surface area contributed by atoms with Gasteiger partial charge in [-0.25, -0.2) is 0 Å². The molecule has 0 saturated carbocycles. The van der Waals surface area contributed by atoms with Gasteiger partial charge in [0.15, 0.2) is 0 Å². The maximum Gasteiger partial charge on any atom is 0.222 e. The van der Waals surface area contributed by atoms with Crippen LogP contribution in [0.4, 0.5) is 0 Å². The molecule has 102 valence electrons. The van der Waals surface area contributed by atoms with Crippen LogP contribution in [0, 0.1) is 11.8 Å². The Morgan fingerprint density at radius 3 is 2.24 bits per heavy atom. The van der Waals surface area contributed by atoms with Gasteiger partial charge in [-0.2, -0.15) is 0 Å². The van der Waals surface area contributed by atoms with Gasteiger partial charge in [-0.3, -0.25) is 4.79 Å². The molecule has 0 rings (SSSR count). The molecule has 17 heavy (non-hydrogen) atoms. The fraction of sp³-hybridized carbons (Fsp3) is 0.929. The molecule has 0 heterocycles. The second kappa shape index (κ2) is 9.46. The van der Waals surface area contributed by atoms with E-state index in [1.165, 1.54) is 0 Å². The zero-order chi connectivity index (χ0) is 13.3. The number of carbonyl (C=O) groups is 1. The lowest BCUT2D eigenvalue weighted by atomic mass is 10.0. The SMILES string of the molecule is CCC(CC)CN(CC)C(=O)CCC(C)CN. The summed E-state index contributed by atoms with van der Waals surface area (Å²) >= 11 is 0. The molecule has 0 aliphatic carbocycles. The maximum atomic E-state index is 12.0. The van der Waals surface area contributed by atoms with Crippen molar-refractivity contribution in [1.29, 1.82) is 0 Å². The molecule has 0 fully saturated rings. The van der Waals surface area contributed by atoms with Crippen LogP contribution in [0.1, 0.15) is 53.4 Å². The quantitative estimate of drug-likeness (QED) is 0.675. The topological polar surface area (TPSA) is 46.3 Å². The van der Waals surface area contributed by atoms with Gasteiger partial charge in [0.1, 0.15) is 0 Å². The fourth-order valence-electron chi connectivity index (χ4n) is 1.91. The van der Waals surface area contributed by atoms with Crippen LogP contribution < -0.4 is 5.73 Å². The van der Waals surface area contributed by atoms with Gasteiger partial charge in [0.2, 0.25) is 5.91 Å². The zero-order valence-electron chi connectivity index (χ0n) is 12.0. The molecule has 2 N–H and O–H groups in total. The first kappa shape index (κ1) is 16.4. The summed E-state index contributed by atoms with van der Waals surface area (Å²) in [5, 5.41) is 0. The largest absolute Gasteiger partial charge is 0.343 e. The first-order valence-electron chi connectivity index (χ1n) is 7.06. The summed E-state index contributed by atoms with van der Waals surface area (Å²) in [6, 6.07) is 0. The van der Waals surface area contributed by atoms with Crippen molar-refractivity contribution in [1.82, 2.24) is 4.90 Å². The molecule has 3 nitrogen and oxygen atoms in total. The summed E-state index contributed by atoms with van der Waals surface area (Å²) in [7, 11) is 0. The highest BCUT2D eigenvalue weighted by Crippen LogP contribution is 2.12. The Bertz CT molecular complexity index is 202. The van der Waals surface area contributed by atoms with Gasteiger partial charge in [-0.1, -0.05) is 33.6 Å². The van der Waals surface area contributed by atoms with Crippen molar-refractivity contribution in [2.75, 3.05) is 19.6 Å². The minimum atomic E-state index is 0.291. The van der Waals surface area contributed by atoms with Crippen molar-refractivity contribution in [3.05, 3.63) is 0 Å². The molecule has 0 aromatic carbocycles. The lowest BCUT2D eigenvalue weighted by molar-refractivity contribution is -0.132. The van der Waals surface area contributed by atoms with Crippen molar-refractivity contribution < 1.29 is 4.79 Å². The normalized spacial score (nSPS) is 12.8. The predicted octanol–water partition coefficient (Wildman–Crippen LogP) is 2.65. The lowest BCUT2D eigenvalue weighted by Crippen LogP contribution is -2.35. The Morgan fingerprint density at radius 2 is 1.82 bits per heavy atom. The van der Waals surface area contributed by atoms with Gasteiger partial charge in [0, 0.05) is 19.5 Å². The average molecular weight is 242 g/mol. The Kier molecular flexibility index (Phi) is 9.14. The molecule has 1 unspecified atom stereocenters. The molecule has 0 radical (unpaired) electrons. The first-order chi connectivity index (χ1) is 8.08. The van der Waals surface area contributed by atoms with E-state index >= 15 is 0 Å². The number of hydrogen-bond donors (Lipinski definition) is 1. The van der Waals surface area contributed by atoms with E-state index in [1.807, 2.05) is 4.90 Å². The highest BCUT2D eigenvalue weighted by Gasteiger charge is 2.16. The van der Waals surface area contributed by atoms with Gasteiger partial charge in [-0.05, 0) is 31.7 Å². The van der Waals surface area contributed by atoms with Gasteiger partial charge in [-0.15, -0.1) is 0 Å². The number of nitrogens with two attached hydrogens (primary N) is 1. The molecule has 0 aliphatic rings. The van der Waals surface area contributed by atoms with E-state index in [0.29, 0.717) is 30.7 Å². The van der Waals surface area contributed by atoms with Gasteiger partial charge in [0.05, 0.1) is 0 Å². The van der Waals surface area contributed by atoms with E-state index in [0.717, 1.165) is 32.4 Å². The second-order valence-electron chi connectivity index (χ2n) is 4.99. The third kappa shape index (κ3) is 6.67. The summed E-state index contributed by atoms with van der Waals surface area (Å²) in [6.45, 7) is 11.0. The molecule has 1 atom stereocenters. The van der Waals surface area contributed by atoms with Crippen LogP contribution in [-0.4, -0.2) is 30.4 Å².